The van der Waals surface area contributed by atoms with Crippen molar-refractivity contribution in [2.24, 2.45) is 0 Å². The molecule has 0 spiro atoms. The smallest absolute Gasteiger partial charge is 0.260 e. The predicted molar refractivity (Wildman–Crippen MR) is 42.7 cm³/mol. The Morgan fingerprint density at radius 2 is 1.62 bits per heavy atom. The summed E-state index contributed by atoms with van der Waals surface area (Å²) in [4.78, 5) is 14.8. The summed E-state index contributed by atoms with van der Waals surface area (Å²) >= 11 is 0. The molecule has 0 radical (unpaired) electrons. The summed E-state index contributed by atoms with van der Waals surface area (Å²) in [5, 5.41) is 14.4. The average Bonchev–Trinajstić information content (AvgIpc) is 2.81. The lowest BCUT2D eigenvalue weighted by atomic mass is 10.3. The van der Waals surface area contributed by atoms with E-state index in [0.29, 0.717) is 0 Å². The van der Waals surface area contributed by atoms with Gasteiger partial charge >= 0.3 is 6.16 Å². The number of rotatable bonds is 0. The monoisotopic (exact) mass is 184 g/mol. The van der Waals surface area contributed by atoms with Crippen LogP contribution in [0.3, 0.4) is 0 Å². The molecule has 5 nitrogen and oxygen atoms in total. The van der Waals surface area contributed by atoms with E-state index in [1.807, 2.05) is 0 Å². The fourth-order valence-corrected chi connectivity index (χ4v) is 1.03. The molecular weight excluding hydrogens is 176 g/mol. The molecule has 0 atom stereocenters. The van der Waals surface area contributed by atoms with Gasteiger partial charge in [-0.15, -0.1) is 0 Å². The third-order valence-electron chi connectivity index (χ3n) is 1.58. The minimum absolute atomic E-state index is 1.19. The van der Waals surface area contributed by atoms with Crippen molar-refractivity contribution in [1.29, 1.82) is 0 Å². The van der Waals surface area contributed by atoms with Crippen LogP contribution in [0.15, 0.2) is 35.5 Å². The highest BCUT2D eigenvalue weighted by molar-refractivity contribution is 5.57. The van der Waals surface area contributed by atoms with Gasteiger partial charge in [0, 0.05) is 0 Å². The third kappa shape index (κ3) is 2.73. The number of hydrogen-bond donors (Lipinski definition) is 2. The second kappa shape index (κ2) is 4.44. The van der Waals surface area contributed by atoms with Crippen molar-refractivity contribution >= 4 is 6.16 Å². The maximum absolute atomic E-state index is 9.24. The topological polar surface area (TPSA) is 76.0 Å². The van der Waals surface area contributed by atoms with E-state index in [-0.39, 0.29) is 0 Å². The van der Waals surface area contributed by atoms with Crippen LogP contribution in [0.4, 0.5) is 4.79 Å². The molecule has 2 aliphatic rings. The zero-order chi connectivity index (χ0) is 9.68. The van der Waals surface area contributed by atoms with Crippen molar-refractivity contribution in [3.63, 3.8) is 0 Å². The summed E-state index contributed by atoms with van der Waals surface area (Å²) in [6.45, 7) is 0. The summed E-state index contributed by atoms with van der Waals surface area (Å²) < 4.78 is 0. The maximum atomic E-state index is 9.24. The quantitative estimate of drug-likeness (QED) is 0.444. The van der Waals surface area contributed by atoms with E-state index in [0.717, 1.165) is 0 Å². The van der Waals surface area contributed by atoms with Gasteiger partial charge in [-0.2, -0.15) is 15.3 Å². The van der Waals surface area contributed by atoms with Gasteiger partial charge in [-0.1, -0.05) is 24.3 Å². The zero-order valence-corrected chi connectivity index (χ0v) is 6.64. The Kier molecular flexibility index (Phi) is 3.24. The fraction of sp³-hybridized carbons (Fsp3) is 0.125. The lowest BCUT2D eigenvalue weighted by molar-refractivity contribution is -0.270. The van der Waals surface area contributed by atoms with Crippen LogP contribution in [0.25, 0.3) is 0 Å². The molecule has 0 aromatic rings. The summed E-state index contributed by atoms with van der Waals surface area (Å²) in [6.07, 6.45) is 8.35. The highest BCUT2D eigenvalue weighted by atomic mass is 17.2. The van der Waals surface area contributed by atoms with Crippen molar-refractivity contribution in [1.82, 2.24) is 0 Å². The van der Waals surface area contributed by atoms with Crippen LogP contribution in [0, 0.1) is 0 Å². The molecule has 0 unspecified atom stereocenters. The van der Waals surface area contributed by atoms with Gasteiger partial charge in [-0.3, -0.25) is 9.78 Å². The van der Waals surface area contributed by atoms with E-state index in [2.05, 4.69) is 34.1 Å². The Bertz CT molecular complexity index is 261. The first kappa shape index (κ1) is 9.50. The molecular formula is C8H8O5. The molecule has 70 valence electrons. The van der Waals surface area contributed by atoms with Crippen LogP contribution < -0.4 is 0 Å². The zero-order valence-electron chi connectivity index (χ0n) is 6.64. The van der Waals surface area contributed by atoms with Crippen molar-refractivity contribution in [2.75, 3.05) is 0 Å². The van der Waals surface area contributed by atoms with Crippen LogP contribution in [-0.2, 0) is 9.78 Å². The molecule has 2 aliphatic carbocycles. The highest BCUT2D eigenvalue weighted by Crippen LogP contribution is 2.27. The second-order valence-corrected chi connectivity index (χ2v) is 2.43. The third-order valence-corrected chi connectivity index (χ3v) is 1.58. The summed E-state index contributed by atoms with van der Waals surface area (Å²) in [7, 11) is 0. The van der Waals surface area contributed by atoms with E-state index in [9.17, 15) is 4.79 Å². The van der Waals surface area contributed by atoms with E-state index in [4.69, 9.17) is 10.5 Å². The molecule has 0 aromatic heterocycles. The lowest BCUT2D eigenvalue weighted by Gasteiger charge is -1.83. The number of hydrogen-bond acceptors (Lipinski definition) is 5. The van der Waals surface area contributed by atoms with Crippen LogP contribution >= 0.6 is 0 Å². The van der Waals surface area contributed by atoms with Gasteiger partial charge in [-0.25, -0.2) is 0 Å². The van der Waals surface area contributed by atoms with Crippen molar-refractivity contribution in [3.8, 4) is 0 Å². The van der Waals surface area contributed by atoms with Gasteiger partial charge < -0.3 is 0 Å². The molecule has 2 rings (SSSR count). The molecule has 0 aliphatic heterocycles. The molecule has 5 heteroatoms. The van der Waals surface area contributed by atoms with E-state index in [1.165, 1.54) is 17.6 Å². The normalized spacial score (nSPS) is 15.5. The SMILES string of the molecule is C1=CC2=CC=C1C2.O=C(OO)OO. The summed E-state index contributed by atoms with van der Waals surface area (Å²) in [5.74, 6) is 0. The first-order chi connectivity index (χ1) is 6.26. The highest BCUT2D eigenvalue weighted by Gasteiger charge is 2.07. The van der Waals surface area contributed by atoms with E-state index >= 15 is 0 Å². The Hall–Kier alpha value is -1.59. The molecule has 0 aromatic carbocycles. The number of carbonyl (C=O) groups is 1. The predicted octanol–water partition coefficient (Wildman–Crippen LogP) is 1.90. The minimum atomic E-state index is -1.55. The van der Waals surface area contributed by atoms with Gasteiger partial charge in [0.05, 0.1) is 0 Å². The molecule has 0 fully saturated rings. The first-order valence-electron chi connectivity index (χ1n) is 3.51. The average molecular weight is 184 g/mol. The maximum Gasteiger partial charge on any atom is 0.572 e. The molecule has 2 N–H and O–H groups in total. The molecule has 0 amide bonds. The fourth-order valence-electron chi connectivity index (χ4n) is 1.03. The summed E-state index contributed by atoms with van der Waals surface area (Å²) in [5.41, 5.74) is 2.94. The Morgan fingerprint density at radius 3 is 1.69 bits per heavy atom. The Labute approximate surface area is 74.1 Å². The standard InChI is InChI=1S/C7H6.CH2O5/c1-2-7-4-3-6(1)5-7;2-1(5-3)6-4/h1-4H,5H2;3-4H. The lowest BCUT2D eigenvalue weighted by Crippen LogP contribution is -1.99. The Morgan fingerprint density at radius 1 is 1.15 bits per heavy atom. The number of carbonyl (C=O) groups excluding carboxylic acids is 1. The first-order valence-corrected chi connectivity index (χ1v) is 3.51. The van der Waals surface area contributed by atoms with Crippen LogP contribution in [0.2, 0.25) is 0 Å². The molecule has 0 saturated heterocycles. The van der Waals surface area contributed by atoms with Gasteiger partial charge in [0.2, 0.25) is 0 Å². The van der Waals surface area contributed by atoms with E-state index < -0.39 is 6.16 Å². The molecule has 0 heterocycles. The minimum Gasteiger partial charge on any atom is -0.260 e. The van der Waals surface area contributed by atoms with Crippen LogP contribution in [0.5, 0.6) is 0 Å². The second-order valence-electron chi connectivity index (χ2n) is 2.43. The summed E-state index contributed by atoms with van der Waals surface area (Å²) in [6, 6.07) is 0. The van der Waals surface area contributed by atoms with Gasteiger partial charge in [0.25, 0.3) is 0 Å². The molecule has 13 heavy (non-hydrogen) atoms. The molecule has 0 saturated carbocycles. The Balaban J connectivity index is 0.000000133. The number of fused-ring (bicyclic) bond motifs is 2. The molecule has 2 bridgehead atoms. The van der Waals surface area contributed by atoms with Gasteiger partial charge in [-0.05, 0) is 17.6 Å². The van der Waals surface area contributed by atoms with Crippen LogP contribution in [-0.4, -0.2) is 16.7 Å². The van der Waals surface area contributed by atoms with Crippen molar-refractivity contribution in [2.45, 2.75) is 6.42 Å². The van der Waals surface area contributed by atoms with Crippen molar-refractivity contribution in [3.05, 3.63) is 35.5 Å². The van der Waals surface area contributed by atoms with Gasteiger partial charge in [0.1, 0.15) is 0 Å². The van der Waals surface area contributed by atoms with Crippen molar-refractivity contribution < 1.29 is 25.1 Å². The number of allylic oxidation sites excluding steroid dienone is 6. The van der Waals surface area contributed by atoms with Crippen LogP contribution in [0.1, 0.15) is 6.42 Å². The van der Waals surface area contributed by atoms with E-state index in [1.54, 1.807) is 0 Å². The van der Waals surface area contributed by atoms with Gasteiger partial charge in [0.15, 0.2) is 0 Å². The largest absolute Gasteiger partial charge is 0.572 e.